The number of hydrogen-bond donors (Lipinski definition) is 0. The standard InChI is InChI=1S/C19H14F3S.BF4/c20-19(21,22)15-11-13-18(14-12-15)23(16-7-3-1-4-8-16)17-9-5-2-6-10-17;2-1(3,4)5/h1-14H;/q+1;-1. The molecule has 0 aromatic heterocycles. The van der Waals surface area contributed by atoms with Crippen LogP contribution in [0, 0.1) is 0 Å². The molecule has 0 unspecified atom stereocenters. The van der Waals surface area contributed by atoms with Gasteiger partial charge in [0, 0.05) is 0 Å². The van der Waals surface area contributed by atoms with Gasteiger partial charge in [0.1, 0.15) is 0 Å². The molecule has 0 atom stereocenters. The second-order valence-corrected chi connectivity index (χ2v) is 7.48. The molecule has 0 aliphatic heterocycles. The average molecular weight is 418 g/mol. The van der Waals surface area contributed by atoms with Gasteiger partial charge in [-0.3, -0.25) is 0 Å². The SMILES string of the molecule is FC(F)(F)c1ccc([S+](c2ccccc2)c2ccccc2)cc1.F[B-](F)(F)F. The van der Waals surface area contributed by atoms with E-state index >= 15 is 0 Å². The van der Waals surface area contributed by atoms with Crippen LogP contribution in [0.2, 0.25) is 0 Å². The molecule has 0 fully saturated rings. The Morgan fingerprint density at radius 3 is 1.18 bits per heavy atom. The second kappa shape index (κ2) is 9.19. The van der Waals surface area contributed by atoms with Gasteiger partial charge in [-0.15, -0.1) is 0 Å². The molecule has 0 spiro atoms. The Labute approximate surface area is 160 Å². The molecule has 148 valence electrons. The van der Waals surface area contributed by atoms with E-state index in [1.165, 1.54) is 0 Å². The topological polar surface area (TPSA) is 0 Å². The fourth-order valence-corrected chi connectivity index (χ4v) is 4.38. The quantitative estimate of drug-likeness (QED) is 0.242. The minimum atomic E-state index is -6.00. The molecule has 0 saturated heterocycles. The monoisotopic (exact) mass is 418 g/mol. The van der Waals surface area contributed by atoms with Crippen molar-refractivity contribution < 1.29 is 30.4 Å². The summed E-state index contributed by atoms with van der Waals surface area (Å²) in [6.45, 7) is 0. The van der Waals surface area contributed by atoms with Gasteiger partial charge in [-0.1, -0.05) is 36.4 Å². The average Bonchev–Trinajstić information content (AvgIpc) is 2.62. The molecule has 3 rings (SSSR count). The summed E-state index contributed by atoms with van der Waals surface area (Å²) in [5.41, 5.74) is -0.620. The van der Waals surface area contributed by atoms with Gasteiger partial charge in [0.2, 0.25) is 0 Å². The maximum Gasteiger partial charge on any atom is 0.673 e. The second-order valence-electron chi connectivity index (χ2n) is 5.45. The Morgan fingerprint density at radius 1 is 0.536 bits per heavy atom. The Bertz CT molecular complexity index is 802. The summed E-state index contributed by atoms with van der Waals surface area (Å²) in [7, 11) is -6.42. The highest BCUT2D eigenvalue weighted by atomic mass is 32.2. The van der Waals surface area contributed by atoms with Gasteiger partial charge >= 0.3 is 13.4 Å². The Balaban J connectivity index is 0.000000500. The van der Waals surface area contributed by atoms with Gasteiger partial charge in [0.05, 0.1) is 16.5 Å². The third-order valence-corrected chi connectivity index (χ3v) is 5.61. The van der Waals surface area contributed by atoms with E-state index in [2.05, 4.69) is 0 Å². The smallest absolute Gasteiger partial charge is 0.418 e. The molecule has 3 aromatic carbocycles. The number of hydrogen-bond acceptors (Lipinski definition) is 0. The Kier molecular flexibility index (Phi) is 7.18. The van der Waals surface area contributed by atoms with Gasteiger partial charge < -0.3 is 17.3 Å². The van der Waals surface area contributed by atoms with E-state index in [1.807, 2.05) is 60.7 Å². The zero-order chi connectivity index (χ0) is 20.8. The van der Waals surface area contributed by atoms with Gasteiger partial charge in [0.25, 0.3) is 0 Å². The van der Waals surface area contributed by atoms with Gasteiger partial charge in [-0.2, -0.15) is 13.2 Å². The van der Waals surface area contributed by atoms with Crippen LogP contribution in [-0.2, 0) is 17.1 Å². The Morgan fingerprint density at radius 2 is 0.857 bits per heavy atom. The number of alkyl halides is 3. The van der Waals surface area contributed by atoms with Crippen molar-refractivity contribution in [1.82, 2.24) is 0 Å². The number of rotatable bonds is 3. The molecule has 0 nitrogen and oxygen atoms in total. The number of halogens is 7. The highest BCUT2D eigenvalue weighted by Crippen LogP contribution is 2.34. The first-order valence-corrected chi connectivity index (χ1v) is 9.17. The third-order valence-electron chi connectivity index (χ3n) is 3.38. The van der Waals surface area contributed by atoms with Crippen molar-refractivity contribution in [1.29, 1.82) is 0 Å². The van der Waals surface area contributed by atoms with Crippen LogP contribution in [-0.4, -0.2) is 7.25 Å². The van der Waals surface area contributed by atoms with Crippen LogP contribution >= 0.6 is 0 Å². The zero-order valence-corrected chi connectivity index (χ0v) is 15.0. The van der Waals surface area contributed by atoms with Crippen molar-refractivity contribution in [3.8, 4) is 0 Å². The largest absolute Gasteiger partial charge is 0.673 e. The minimum absolute atomic E-state index is 0.417. The van der Waals surface area contributed by atoms with Crippen LogP contribution in [0.15, 0.2) is 99.6 Å². The normalized spacial score (nSPS) is 11.7. The summed E-state index contributed by atoms with van der Waals surface area (Å²) in [6, 6.07) is 25.1. The lowest BCUT2D eigenvalue weighted by Gasteiger charge is -2.10. The zero-order valence-electron chi connectivity index (χ0n) is 14.2. The van der Waals surface area contributed by atoms with E-state index in [0.717, 1.165) is 26.8 Å². The van der Waals surface area contributed by atoms with Gasteiger partial charge in [-0.25, -0.2) is 0 Å². The molecule has 0 N–H and O–H groups in total. The summed E-state index contributed by atoms with van der Waals surface area (Å²) in [6.07, 6.45) is -4.31. The first-order valence-electron chi connectivity index (χ1n) is 7.94. The van der Waals surface area contributed by atoms with Crippen molar-refractivity contribution in [3.63, 3.8) is 0 Å². The van der Waals surface area contributed by atoms with Crippen molar-refractivity contribution in [2.24, 2.45) is 0 Å². The molecule has 0 amide bonds. The highest BCUT2D eigenvalue weighted by molar-refractivity contribution is 7.97. The highest BCUT2D eigenvalue weighted by Gasteiger charge is 2.33. The van der Waals surface area contributed by atoms with Crippen LogP contribution in [0.4, 0.5) is 30.4 Å². The summed E-state index contributed by atoms with van der Waals surface area (Å²) in [5.74, 6) is 0. The van der Waals surface area contributed by atoms with E-state index in [0.29, 0.717) is 0 Å². The fraction of sp³-hybridized carbons (Fsp3) is 0.0526. The molecule has 3 aromatic rings. The first kappa shape index (κ1) is 21.9. The van der Waals surface area contributed by atoms with E-state index in [1.54, 1.807) is 12.1 Å². The lowest BCUT2D eigenvalue weighted by atomic mass is 10.2. The van der Waals surface area contributed by atoms with E-state index in [9.17, 15) is 30.4 Å². The molecule has 0 aliphatic rings. The summed E-state index contributed by atoms with van der Waals surface area (Å²) in [4.78, 5) is 3.03. The van der Waals surface area contributed by atoms with Gasteiger partial charge in [0.15, 0.2) is 14.7 Å². The van der Waals surface area contributed by atoms with Crippen LogP contribution in [0.5, 0.6) is 0 Å². The fourth-order valence-electron chi connectivity index (χ4n) is 2.30. The van der Waals surface area contributed by atoms with Crippen molar-refractivity contribution in [2.75, 3.05) is 0 Å². The van der Waals surface area contributed by atoms with Crippen molar-refractivity contribution >= 4 is 18.1 Å². The Hall–Kier alpha value is -2.42. The van der Waals surface area contributed by atoms with Crippen LogP contribution in [0.1, 0.15) is 5.56 Å². The van der Waals surface area contributed by atoms with E-state index in [4.69, 9.17) is 0 Å². The predicted octanol–water partition coefficient (Wildman–Crippen LogP) is 7.10. The molecule has 0 heterocycles. The van der Waals surface area contributed by atoms with Crippen LogP contribution < -0.4 is 0 Å². The molecule has 0 saturated carbocycles. The van der Waals surface area contributed by atoms with E-state index < -0.39 is 29.9 Å². The number of benzene rings is 3. The minimum Gasteiger partial charge on any atom is -0.418 e. The summed E-state index contributed by atoms with van der Waals surface area (Å²) < 4.78 is 77.3. The van der Waals surface area contributed by atoms with E-state index in [-0.39, 0.29) is 0 Å². The van der Waals surface area contributed by atoms with Gasteiger partial charge in [-0.05, 0) is 48.5 Å². The molecule has 9 heteroatoms. The van der Waals surface area contributed by atoms with Crippen molar-refractivity contribution in [3.05, 3.63) is 90.5 Å². The molecular weight excluding hydrogens is 404 g/mol. The molecule has 0 bridgehead atoms. The molecule has 0 radical (unpaired) electrons. The maximum absolute atomic E-state index is 12.8. The predicted molar refractivity (Wildman–Crippen MR) is 96.7 cm³/mol. The lowest BCUT2D eigenvalue weighted by molar-refractivity contribution is -0.137. The van der Waals surface area contributed by atoms with Crippen molar-refractivity contribution in [2.45, 2.75) is 20.9 Å². The summed E-state index contributed by atoms with van der Waals surface area (Å²) in [5, 5.41) is 0. The molecule has 28 heavy (non-hydrogen) atoms. The molecular formula is C19H14BF7S. The third kappa shape index (κ3) is 6.96. The summed E-state index contributed by atoms with van der Waals surface area (Å²) >= 11 is 0. The molecule has 0 aliphatic carbocycles. The first-order chi connectivity index (χ1) is 13.1. The lowest BCUT2D eigenvalue weighted by Crippen LogP contribution is -2.07. The van der Waals surface area contributed by atoms with Crippen LogP contribution in [0.25, 0.3) is 0 Å². The van der Waals surface area contributed by atoms with Crippen LogP contribution in [0.3, 0.4) is 0 Å². The maximum atomic E-state index is 12.8.